The van der Waals surface area contributed by atoms with E-state index in [1.165, 1.54) is 0 Å². The minimum absolute atomic E-state index is 0.134. The van der Waals surface area contributed by atoms with E-state index in [9.17, 15) is 9.59 Å². The van der Waals surface area contributed by atoms with Gasteiger partial charge in [-0.2, -0.15) is 5.26 Å². The van der Waals surface area contributed by atoms with Gasteiger partial charge in [0.15, 0.2) is 5.92 Å². The zero-order valence-corrected chi connectivity index (χ0v) is 11.8. The second kappa shape index (κ2) is 6.18. The number of carbonyl (C=O) groups is 1. The van der Waals surface area contributed by atoms with Gasteiger partial charge >= 0.3 is 5.97 Å². The summed E-state index contributed by atoms with van der Waals surface area (Å²) < 4.78 is 5.02. The number of para-hydroxylation sites is 2. The Morgan fingerprint density at radius 3 is 2.81 bits per heavy atom. The molecule has 0 saturated heterocycles. The number of nitrogens with one attached hydrogen (secondary N) is 1. The van der Waals surface area contributed by atoms with Crippen molar-refractivity contribution >= 4 is 17.0 Å². The molecule has 0 amide bonds. The molecule has 1 atom stereocenters. The third-order valence-electron chi connectivity index (χ3n) is 2.82. The van der Waals surface area contributed by atoms with Crippen LogP contribution in [0.4, 0.5) is 0 Å². The topological polar surface area (TPSA) is 95.8 Å². The Morgan fingerprint density at radius 1 is 1.43 bits per heavy atom. The summed E-state index contributed by atoms with van der Waals surface area (Å²) in [6.07, 6.45) is 0. The molecular weight excluding hydrogens is 270 g/mol. The van der Waals surface area contributed by atoms with Gasteiger partial charge in [0.1, 0.15) is 5.69 Å². The molecule has 108 valence electrons. The molecule has 1 N–H and O–H groups in total. The molecular formula is C15H15N3O3. The zero-order chi connectivity index (χ0) is 15.4. The largest absolute Gasteiger partial charge is 0.464 e. The van der Waals surface area contributed by atoms with E-state index >= 15 is 0 Å². The summed E-state index contributed by atoms with van der Waals surface area (Å²) in [6, 6.07) is 8.71. The van der Waals surface area contributed by atoms with Crippen molar-refractivity contribution in [2.45, 2.75) is 19.8 Å². The van der Waals surface area contributed by atoms with Gasteiger partial charge in [-0.05, 0) is 18.1 Å². The highest BCUT2D eigenvalue weighted by Crippen LogP contribution is 2.14. The van der Waals surface area contributed by atoms with Crippen LogP contribution in [0.15, 0.2) is 29.1 Å². The molecule has 1 heterocycles. The Bertz CT molecular complexity index is 759. The number of esters is 1. The number of ether oxygens (including phenoxy) is 1. The van der Waals surface area contributed by atoms with Crippen LogP contribution in [-0.4, -0.2) is 22.5 Å². The Hall–Kier alpha value is -2.68. The number of hydrogen-bond donors (Lipinski definition) is 1. The number of nitriles is 1. The van der Waals surface area contributed by atoms with Crippen molar-refractivity contribution in [1.82, 2.24) is 9.97 Å². The molecule has 2 rings (SSSR count). The summed E-state index contributed by atoms with van der Waals surface area (Å²) in [4.78, 5) is 30.7. The van der Waals surface area contributed by atoms with Gasteiger partial charge in [-0.1, -0.05) is 26.0 Å². The van der Waals surface area contributed by atoms with E-state index in [1.54, 1.807) is 30.3 Å². The van der Waals surface area contributed by atoms with Gasteiger partial charge in [0.05, 0.1) is 23.7 Å². The van der Waals surface area contributed by atoms with Gasteiger partial charge in [0.25, 0.3) is 5.56 Å². The predicted octanol–water partition coefficient (Wildman–Crippen LogP) is 1.73. The van der Waals surface area contributed by atoms with Crippen LogP contribution in [0.3, 0.4) is 0 Å². The van der Waals surface area contributed by atoms with Crippen LogP contribution in [0.5, 0.6) is 0 Å². The van der Waals surface area contributed by atoms with Crippen molar-refractivity contribution in [3.05, 3.63) is 40.3 Å². The Kier molecular flexibility index (Phi) is 4.33. The highest BCUT2D eigenvalue weighted by atomic mass is 16.5. The smallest absolute Gasteiger partial charge is 0.329 e. The maximum absolute atomic E-state index is 12.0. The Labute approximate surface area is 121 Å². The molecule has 0 spiro atoms. The lowest BCUT2D eigenvalue weighted by molar-refractivity contribution is -0.145. The number of carbonyl (C=O) groups excluding carboxylic acids is 1. The van der Waals surface area contributed by atoms with Crippen molar-refractivity contribution < 1.29 is 9.53 Å². The van der Waals surface area contributed by atoms with Gasteiger partial charge in [-0.25, -0.2) is 4.98 Å². The molecule has 0 aliphatic carbocycles. The van der Waals surface area contributed by atoms with Crippen LogP contribution in [0.25, 0.3) is 11.0 Å². The molecule has 2 aromatic rings. The minimum atomic E-state index is -1.32. The first-order valence-electron chi connectivity index (χ1n) is 6.58. The number of H-pyrrole nitrogens is 1. The van der Waals surface area contributed by atoms with Gasteiger partial charge in [-0.15, -0.1) is 0 Å². The molecule has 6 nitrogen and oxygen atoms in total. The normalized spacial score (nSPS) is 12.1. The first-order valence-corrected chi connectivity index (χ1v) is 6.58. The SMILES string of the molecule is CC(C)COC(=O)[C@@H](C#N)c1nc2ccccc2[nH]c1=O. The molecule has 21 heavy (non-hydrogen) atoms. The van der Waals surface area contributed by atoms with Crippen LogP contribution in [0.2, 0.25) is 0 Å². The Morgan fingerprint density at radius 2 is 2.14 bits per heavy atom. The van der Waals surface area contributed by atoms with Crippen molar-refractivity contribution in [1.29, 1.82) is 5.26 Å². The Balaban J connectivity index is 2.38. The fourth-order valence-electron chi connectivity index (χ4n) is 1.80. The average Bonchev–Trinajstić information content (AvgIpc) is 2.46. The number of aromatic nitrogens is 2. The van der Waals surface area contributed by atoms with Crippen molar-refractivity contribution in [3.63, 3.8) is 0 Å². The van der Waals surface area contributed by atoms with E-state index in [-0.39, 0.29) is 18.2 Å². The highest BCUT2D eigenvalue weighted by Gasteiger charge is 2.27. The molecule has 6 heteroatoms. The second-order valence-electron chi connectivity index (χ2n) is 5.05. The van der Waals surface area contributed by atoms with Gasteiger partial charge < -0.3 is 9.72 Å². The molecule has 0 fully saturated rings. The molecule has 0 radical (unpaired) electrons. The number of fused-ring (bicyclic) bond motifs is 1. The second-order valence-corrected chi connectivity index (χ2v) is 5.05. The minimum Gasteiger partial charge on any atom is -0.464 e. The lowest BCUT2D eigenvalue weighted by Gasteiger charge is -2.10. The summed E-state index contributed by atoms with van der Waals surface area (Å²) in [5, 5.41) is 9.17. The van der Waals surface area contributed by atoms with Crippen LogP contribution in [0.1, 0.15) is 25.5 Å². The lowest BCUT2D eigenvalue weighted by Crippen LogP contribution is -2.25. The first kappa shape index (κ1) is 14.7. The molecule has 0 bridgehead atoms. The summed E-state index contributed by atoms with van der Waals surface area (Å²) in [5.74, 6) is -1.92. The summed E-state index contributed by atoms with van der Waals surface area (Å²) in [7, 11) is 0. The number of hydrogen-bond acceptors (Lipinski definition) is 5. The summed E-state index contributed by atoms with van der Waals surface area (Å²) in [6.45, 7) is 3.97. The third-order valence-corrected chi connectivity index (χ3v) is 2.82. The fraction of sp³-hybridized carbons (Fsp3) is 0.333. The molecule has 1 aromatic carbocycles. The lowest BCUT2D eigenvalue weighted by atomic mass is 10.1. The van der Waals surface area contributed by atoms with Crippen molar-refractivity contribution in [2.75, 3.05) is 6.61 Å². The van der Waals surface area contributed by atoms with E-state index in [1.807, 2.05) is 13.8 Å². The van der Waals surface area contributed by atoms with Crippen molar-refractivity contribution in [2.24, 2.45) is 5.92 Å². The van der Waals surface area contributed by atoms with E-state index in [0.29, 0.717) is 11.0 Å². The maximum Gasteiger partial charge on any atom is 0.329 e. The summed E-state index contributed by atoms with van der Waals surface area (Å²) >= 11 is 0. The van der Waals surface area contributed by atoms with E-state index in [2.05, 4.69) is 9.97 Å². The maximum atomic E-state index is 12.0. The predicted molar refractivity (Wildman–Crippen MR) is 76.5 cm³/mol. The zero-order valence-electron chi connectivity index (χ0n) is 11.8. The van der Waals surface area contributed by atoms with Gasteiger partial charge in [0, 0.05) is 0 Å². The highest BCUT2D eigenvalue weighted by molar-refractivity contribution is 5.82. The molecule has 0 unspecified atom stereocenters. The van der Waals surface area contributed by atoms with Gasteiger partial charge in [0.2, 0.25) is 0 Å². The quantitative estimate of drug-likeness (QED) is 0.863. The fourth-order valence-corrected chi connectivity index (χ4v) is 1.80. The van der Waals surface area contributed by atoms with E-state index < -0.39 is 17.4 Å². The number of rotatable bonds is 4. The van der Waals surface area contributed by atoms with Crippen LogP contribution in [-0.2, 0) is 9.53 Å². The number of benzene rings is 1. The molecule has 0 aliphatic rings. The van der Waals surface area contributed by atoms with Crippen LogP contribution >= 0.6 is 0 Å². The molecule has 0 aliphatic heterocycles. The molecule has 1 aromatic heterocycles. The molecule has 0 saturated carbocycles. The third kappa shape index (κ3) is 3.26. The van der Waals surface area contributed by atoms with Gasteiger partial charge in [-0.3, -0.25) is 9.59 Å². The van der Waals surface area contributed by atoms with Crippen molar-refractivity contribution in [3.8, 4) is 6.07 Å². The standard InChI is InChI=1S/C15H15N3O3/c1-9(2)8-21-15(20)10(7-16)13-14(19)18-12-6-4-3-5-11(12)17-13/h3-6,9-10H,8H2,1-2H3,(H,18,19)/t10-/m0/s1. The first-order chi connectivity index (χ1) is 10.0. The average molecular weight is 285 g/mol. The number of aromatic amines is 1. The van der Waals surface area contributed by atoms with E-state index in [4.69, 9.17) is 10.00 Å². The summed E-state index contributed by atoms with van der Waals surface area (Å²) in [5.41, 5.74) is 0.384. The monoisotopic (exact) mass is 285 g/mol. The van der Waals surface area contributed by atoms with E-state index in [0.717, 1.165) is 0 Å². The van der Waals surface area contributed by atoms with Crippen LogP contribution < -0.4 is 5.56 Å². The van der Waals surface area contributed by atoms with Crippen LogP contribution in [0, 0.1) is 17.2 Å². The number of nitrogens with zero attached hydrogens (tertiary/aromatic N) is 2.